The molecule has 0 aliphatic rings. The zero-order valence-corrected chi connectivity index (χ0v) is 20.9. The summed E-state index contributed by atoms with van der Waals surface area (Å²) >= 11 is 7.47. The fourth-order valence-corrected chi connectivity index (χ4v) is 4.20. The molecule has 0 fully saturated rings. The molecule has 0 aliphatic heterocycles. The van der Waals surface area contributed by atoms with Crippen LogP contribution >= 0.6 is 23.4 Å². The predicted molar refractivity (Wildman–Crippen MR) is 133 cm³/mol. The lowest BCUT2D eigenvalue weighted by Crippen LogP contribution is -2.33. The molecule has 0 bridgehead atoms. The number of carbonyl (C=O) groups is 2. The molecule has 0 radical (unpaired) electrons. The first-order valence-electron chi connectivity index (χ1n) is 10.6. The minimum absolute atomic E-state index is 0.0604. The highest BCUT2D eigenvalue weighted by atomic mass is 35.5. The summed E-state index contributed by atoms with van der Waals surface area (Å²) in [5.41, 5.74) is 3.47. The molecular weight excluding hydrogens is 458 g/mol. The van der Waals surface area contributed by atoms with E-state index in [9.17, 15) is 9.59 Å². The van der Waals surface area contributed by atoms with Crippen LogP contribution in [0.4, 0.5) is 5.69 Å². The van der Waals surface area contributed by atoms with Gasteiger partial charge in [-0.2, -0.15) is 0 Å². The van der Waals surface area contributed by atoms with E-state index < -0.39 is 0 Å². The highest BCUT2D eigenvalue weighted by molar-refractivity contribution is 7.99. The third-order valence-electron chi connectivity index (χ3n) is 5.34. The van der Waals surface area contributed by atoms with Crippen molar-refractivity contribution in [3.05, 3.63) is 70.0 Å². The maximum Gasteiger partial charge on any atom is 0.253 e. The Morgan fingerprint density at radius 2 is 1.82 bits per heavy atom. The highest BCUT2D eigenvalue weighted by Gasteiger charge is 2.26. The maximum absolute atomic E-state index is 12.8. The summed E-state index contributed by atoms with van der Waals surface area (Å²) < 4.78 is 1.81. The van der Waals surface area contributed by atoms with Crippen LogP contribution in [0.1, 0.15) is 47.2 Å². The first-order chi connectivity index (χ1) is 15.7. The van der Waals surface area contributed by atoms with Gasteiger partial charge in [-0.25, -0.2) is 0 Å². The van der Waals surface area contributed by atoms with E-state index in [-0.39, 0.29) is 29.5 Å². The number of aryl methyl sites for hydroxylation is 2. The smallest absolute Gasteiger partial charge is 0.253 e. The number of anilines is 1. The van der Waals surface area contributed by atoms with Crippen LogP contribution in [0.25, 0.3) is 0 Å². The number of aromatic nitrogens is 3. The molecular formula is C24H28ClN5O2S. The van der Waals surface area contributed by atoms with Gasteiger partial charge in [0.1, 0.15) is 0 Å². The van der Waals surface area contributed by atoms with Gasteiger partial charge in [0.05, 0.1) is 22.4 Å². The van der Waals surface area contributed by atoms with Gasteiger partial charge in [-0.3, -0.25) is 9.59 Å². The topological polar surface area (TPSA) is 88.9 Å². The Balaban J connectivity index is 1.67. The van der Waals surface area contributed by atoms with E-state index in [0.717, 1.165) is 11.3 Å². The molecule has 1 unspecified atom stereocenters. The van der Waals surface area contributed by atoms with Crippen molar-refractivity contribution in [3.8, 4) is 0 Å². The van der Waals surface area contributed by atoms with Gasteiger partial charge in [-0.05, 0) is 55.2 Å². The van der Waals surface area contributed by atoms with Gasteiger partial charge >= 0.3 is 0 Å². The van der Waals surface area contributed by atoms with Crippen LogP contribution in [0.3, 0.4) is 0 Å². The van der Waals surface area contributed by atoms with Gasteiger partial charge in [0.15, 0.2) is 11.0 Å². The summed E-state index contributed by atoms with van der Waals surface area (Å²) in [4.78, 5) is 25.2. The number of nitrogens with one attached hydrogen (secondary N) is 2. The second-order valence-corrected chi connectivity index (χ2v) is 9.56. The third-order valence-corrected chi connectivity index (χ3v) is 6.69. The van der Waals surface area contributed by atoms with E-state index in [0.29, 0.717) is 21.6 Å². The Morgan fingerprint density at radius 1 is 1.09 bits per heavy atom. The molecule has 1 heterocycles. The van der Waals surface area contributed by atoms with Gasteiger partial charge in [0.25, 0.3) is 5.91 Å². The van der Waals surface area contributed by atoms with Crippen molar-refractivity contribution in [1.29, 1.82) is 0 Å². The molecule has 2 aromatic carbocycles. The standard InChI is InChI=1S/C24H28ClN5O2S/c1-14(2)21(27-23(32)18-8-6-7-9-19(18)25)22-28-29-24(30(22)5)33-13-20(31)26-17-11-10-15(3)16(4)12-17/h6-12,14,21H,13H2,1-5H3,(H,26,31)(H,27,32). The van der Waals surface area contributed by atoms with Crippen LogP contribution < -0.4 is 10.6 Å². The van der Waals surface area contributed by atoms with Crippen LogP contribution in [0.2, 0.25) is 5.02 Å². The Hall–Kier alpha value is -2.84. The predicted octanol–water partition coefficient (Wildman–Crippen LogP) is 4.94. The largest absolute Gasteiger partial charge is 0.342 e. The van der Waals surface area contributed by atoms with E-state index in [1.165, 1.54) is 17.3 Å². The number of thioether (sulfide) groups is 1. The number of nitrogens with zero attached hydrogens (tertiary/aromatic N) is 3. The van der Waals surface area contributed by atoms with Crippen LogP contribution in [0.15, 0.2) is 47.6 Å². The van der Waals surface area contributed by atoms with E-state index >= 15 is 0 Å². The zero-order valence-electron chi connectivity index (χ0n) is 19.3. The van der Waals surface area contributed by atoms with Gasteiger partial charge in [-0.1, -0.05) is 55.4 Å². The number of rotatable bonds is 8. The fraction of sp³-hybridized carbons (Fsp3) is 0.333. The fourth-order valence-electron chi connectivity index (χ4n) is 3.26. The Morgan fingerprint density at radius 3 is 2.48 bits per heavy atom. The third kappa shape index (κ3) is 6.15. The summed E-state index contributed by atoms with van der Waals surface area (Å²) in [6, 6.07) is 12.4. The molecule has 174 valence electrons. The first-order valence-corrected chi connectivity index (χ1v) is 12.0. The molecule has 9 heteroatoms. The monoisotopic (exact) mass is 485 g/mol. The van der Waals surface area contributed by atoms with E-state index in [2.05, 4.69) is 20.8 Å². The molecule has 3 rings (SSSR count). The average Bonchev–Trinajstić information content (AvgIpc) is 3.13. The highest BCUT2D eigenvalue weighted by Crippen LogP contribution is 2.25. The Bertz CT molecular complexity index is 1160. The molecule has 7 nitrogen and oxygen atoms in total. The van der Waals surface area contributed by atoms with Gasteiger partial charge in [0.2, 0.25) is 5.91 Å². The second kappa shape index (κ2) is 10.9. The number of hydrogen-bond donors (Lipinski definition) is 2. The molecule has 2 amide bonds. The van der Waals surface area contributed by atoms with Crippen LogP contribution in [0.5, 0.6) is 0 Å². The van der Waals surface area contributed by atoms with Crippen LogP contribution in [-0.4, -0.2) is 32.3 Å². The summed E-state index contributed by atoms with van der Waals surface area (Å²) in [6.45, 7) is 8.03. The van der Waals surface area contributed by atoms with E-state index in [1.807, 2.05) is 57.5 Å². The number of halogens is 1. The molecule has 33 heavy (non-hydrogen) atoms. The summed E-state index contributed by atoms with van der Waals surface area (Å²) in [5, 5.41) is 15.5. The van der Waals surface area contributed by atoms with Crippen molar-refractivity contribution in [3.63, 3.8) is 0 Å². The molecule has 0 spiro atoms. The van der Waals surface area contributed by atoms with Crippen molar-refractivity contribution < 1.29 is 9.59 Å². The Labute approximate surface area is 203 Å². The Kier molecular flexibility index (Phi) is 8.15. The zero-order chi connectivity index (χ0) is 24.1. The van der Waals surface area contributed by atoms with Crippen LogP contribution in [0, 0.1) is 19.8 Å². The summed E-state index contributed by atoms with van der Waals surface area (Å²) in [5.74, 6) is 0.467. The minimum Gasteiger partial charge on any atom is -0.342 e. The van der Waals surface area contributed by atoms with E-state index in [1.54, 1.807) is 24.3 Å². The van der Waals surface area contributed by atoms with Crippen molar-refractivity contribution in [1.82, 2.24) is 20.1 Å². The SMILES string of the molecule is Cc1ccc(NC(=O)CSc2nnc(C(NC(=O)c3ccccc3Cl)C(C)C)n2C)cc1C. The lowest BCUT2D eigenvalue weighted by molar-refractivity contribution is -0.113. The minimum atomic E-state index is -0.370. The quantitative estimate of drug-likeness (QED) is 0.441. The van der Waals surface area contributed by atoms with Gasteiger partial charge in [-0.15, -0.1) is 10.2 Å². The number of amides is 2. The molecule has 0 saturated carbocycles. The first kappa shape index (κ1) is 24.8. The summed E-state index contributed by atoms with van der Waals surface area (Å²) in [6.07, 6.45) is 0. The van der Waals surface area contributed by atoms with Crippen molar-refractivity contribution >= 4 is 40.9 Å². The molecule has 1 atom stereocenters. The second-order valence-electron chi connectivity index (χ2n) is 8.21. The maximum atomic E-state index is 12.8. The number of carbonyl (C=O) groups excluding carboxylic acids is 2. The summed E-state index contributed by atoms with van der Waals surface area (Å²) in [7, 11) is 1.83. The van der Waals surface area contributed by atoms with Crippen LogP contribution in [-0.2, 0) is 11.8 Å². The average molecular weight is 486 g/mol. The molecule has 0 aliphatic carbocycles. The van der Waals surface area contributed by atoms with Crippen molar-refractivity contribution in [2.45, 2.75) is 38.9 Å². The number of hydrogen-bond acceptors (Lipinski definition) is 5. The van der Waals surface area contributed by atoms with Crippen molar-refractivity contribution in [2.75, 3.05) is 11.1 Å². The lowest BCUT2D eigenvalue weighted by atomic mass is 10.0. The molecule has 2 N–H and O–H groups in total. The lowest BCUT2D eigenvalue weighted by Gasteiger charge is -2.22. The van der Waals surface area contributed by atoms with Gasteiger partial charge < -0.3 is 15.2 Å². The molecule has 0 saturated heterocycles. The molecule has 3 aromatic rings. The molecule has 1 aromatic heterocycles. The normalized spacial score (nSPS) is 12.0. The van der Waals surface area contributed by atoms with E-state index in [4.69, 9.17) is 11.6 Å². The van der Waals surface area contributed by atoms with Crippen molar-refractivity contribution in [2.24, 2.45) is 13.0 Å². The van der Waals surface area contributed by atoms with Gasteiger partial charge in [0, 0.05) is 12.7 Å². The number of benzene rings is 2.